The highest BCUT2D eigenvalue weighted by atomic mass is 35.5. The number of unbranched alkanes of at least 4 members (excludes halogenated alkanes) is 1. The number of rotatable bonds is 11. The van der Waals surface area contributed by atoms with Gasteiger partial charge in [-0.25, -0.2) is 0 Å². The van der Waals surface area contributed by atoms with E-state index in [9.17, 15) is 19.8 Å². The Kier molecular flexibility index (Phi) is 10.1. The van der Waals surface area contributed by atoms with Crippen molar-refractivity contribution < 1.29 is 24.5 Å². The molecule has 30 heavy (non-hydrogen) atoms. The number of aliphatic hydroxyl groups excluding tert-OH is 2. The van der Waals surface area contributed by atoms with Crippen molar-refractivity contribution in [3.05, 3.63) is 53.6 Å². The van der Waals surface area contributed by atoms with Gasteiger partial charge < -0.3 is 20.3 Å². The highest BCUT2D eigenvalue weighted by molar-refractivity contribution is 6.30. The Labute approximate surface area is 182 Å². The summed E-state index contributed by atoms with van der Waals surface area (Å²) in [7, 11) is 1.61. The van der Waals surface area contributed by atoms with Gasteiger partial charge in [0, 0.05) is 36.7 Å². The Hall–Kier alpha value is -2.15. The van der Waals surface area contributed by atoms with Crippen LogP contribution in [0.3, 0.4) is 0 Å². The standard InChI is InChI=1S/C23H30ClNO5/c1-25-23(29)10-5-3-2-4-9-19-20(22(28)14-21(19)27)12-11-17(26)15-30-18-8-6-7-16(24)13-18/h2,4,6-8,11-13,17,19-20,22,26,28H,3,5,9-10,14-15H2,1H3,(H,25,29)/t17-,19-,20-,22-/m1/s1. The molecule has 1 aromatic rings. The van der Waals surface area contributed by atoms with E-state index in [4.69, 9.17) is 16.3 Å². The summed E-state index contributed by atoms with van der Waals surface area (Å²) in [6, 6.07) is 6.91. The molecule has 0 aliphatic heterocycles. The molecule has 0 aromatic heterocycles. The van der Waals surface area contributed by atoms with Crippen molar-refractivity contribution in [3.8, 4) is 5.75 Å². The molecule has 0 unspecified atom stereocenters. The number of allylic oxidation sites excluding steroid dienone is 2. The lowest BCUT2D eigenvalue weighted by Crippen LogP contribution is -2.20. The third kappa shape index (κ3) is 7.94. The molecule has 0 radical (unpaired) electrons. The van der Waals surface area contributed by atoms with Crippen molar-refractivity contribution >= 4 is 23.3 Å². The fraction of sp³-hybridized carbons (Fsp3) is 0.478. The minimum atomic E-state index is -0.868. The lowest BCUT2D eigenvalue weighted by atomic mass is 9.90. The van der Waals surface area contributed by atoms with E-state index < -0.39 is 12.2 Å². The first kappa shape index (κ1) is 24.1. The van der Waals surface area contributed by atoms with Crippen LogP contribution in [0.2, 0.25) is 5.02 Å². The van der Waals surface area contributed by atoms with Gasteiger partial charge in [0.2, 0.25) is 5.91 Å². The fourth-order valence-electron chi connectivity index (χ4n) is 3.44. The van der Waals surface area contributed by atoms with Crippen molar-refractivity contribution in [3.63, 3.8) is 0 Å². The smallest absolute Gasteiger partial charge is 0.219 e. The fourth-order valence-corrected chi connectivity index (χ4v) is 3.62. The zero-order chi connectivity index (χ0) is 21.9. The minimum absolute atomic E-state index is 0.0144. The molecule has 0 heterocycles. The highest BCUT2D eigenvalue weighted by Crippen LogP contribution is 2.33. The lowest BCUT2D eigenvalue weighted by molar-refractivity contribution is -0.121. The summed E-state index contributed by atoms with van der Waals surface area (Å²) in [5.41, 5.74) is 0. The summed E-state index contributed by atoms with van der Waals surface area (Å²) in [6.07, 6.45) is 8.20. The molecule has 6 nitrogen and oxygen atoms in total. The maximum absolute atomic E-state index is 12.3. The Balaban J connectivity index is 1.82. The molecule has 0 bridgehead atoms. The summed E-state index contributed by atoms with van der Waals surface area (Å²) < 4.78 is 5.51. The molecular weight excluding hydrogens is 406 g/mol. The molecule has 1 aromatic carbocycles. The molecule has 1 aliphatic rings. The van der Waals surface area contributed by atoms with Gasteiger partial charge in [0.25, 0.3) is 0 Å². The highest BCUT2D eigenvalue weighted by Gasteiger charge is 2.39. The Morgan fingerprint density at radius 2 is 2.20 bits per heavy atom. The van der Waals surface area contributed by atoms with Crippen LogP contribution in [0.15, 0.2) is 48.6 Å². The summed E-state index contributed by atoms with van der Waals surface area (Å²) >= 11 is 5.90. The molecule has 1 saturated carbocycles. The molecule has 164 valence electrons. The van der Waals surface area contributed by atoms with Crippen LogP contribution in [0.5, 0.6) is 5.75 Å². The Morgan fingerprint density at radius 1 is 1.40 bits per heavy atom. The van der Waals surface area contributed by atoms with Crippen LogP contribution in [0.4, 0.5) is 0 Å². The number of nitrogens with one attached hydrogen (secondary N) is 1. The lowest BCUT2D eigenvalue weighted by Gasteiger charge is -2.17. The van der Waals surface area contributed by atoms with Gasteiger partial charge in [-0.3, -0.25) is 9.59 Å². The number of aliphatic hydroxyl groups is 2. The van der Waals surface area contributed by atoms with Gasteiger partial charge in [-0.2, -0.15) is 0 Å². The number of hydrogen-bond acceptors (Lipinski definition) is 5. The van der Waals surface area contributed by atoms with Gasteiger partial charge >= 0.3 is 0 Å². The van der Waals surface area contributed by atoms with E-state index in [0.29, 0.717) is 23.6 Å². The zero-order valence-corrected chi connectivity index (χ0v) is 17.9. The first-order valence-corrected chi connectivity index (χ1v) is 10.6. The molecule has 1 fully saturated rings. The monoisotopic (exact) mass is 435 g/mol. The molecular formula is C23H30ClNO5. The number of ketones is 1. The predicted molar refractivity (Wildman–Crippen MR) is 116 cm³/mol. The number of carbonyl (C=O) groups is 2. The average Bonchev–Trinajstić information content (AvgIpc) is 2.99. The van der Waals surface area contributed by atoms with E-state index in [1.807, 2.05) is 12.2 Å². The maximum atomic E-state index is 12.3. The van der Waals surface area contributed by atoms with Crippen LogP contribution in [0, 0.1) is 11.8 Å². The first-order chi connectivity index (χ1) is 14.4. The number of ether oxygens (including phenoxy) is 1. The van der Waals surface area contributed by atoms with Crippen LogP contribution in [-0.2, 0) is 9.59 Å². The van der Waals surface area contributed by atoms with Gasteiger partial charge in [-0.1, -0.05) is 42.0 Å². The van der Waals surface area contributed by atoms with E-state index in [0.717, 1.165) is 12.8 Å². The van der Waals surface area contributed by atoms with Crippen molar-refractivity contribution in [1.82, 2.24) is 5.32 Å². The summed E-state index contributed by atoms with van der Waals surface area (Å²) in [5.74, 6) is -0.0517. The van der Waals surface area contributed by atoms with E-state index in [1.165, 1.54) is 0 Å². The van der Waals surface area contributed by atoms with Crippen molar-refractivity contribution in [2.24, 2.45) is 11.8 Å². The predicted octanol–water partition coefficient (Wildman–Crippen LogP) is 3.06. The maximum Gasteiger partial charge on any atom is 0.219 e. The largest absolute Gasteiger partial charge is 0.491 e. The molecule has 2 rings (SSSR count). The number of carbonyl (C=O) groups excluding carboxylic acids is 2. The van der Waals surface area contributed by atoms with Gasteiger partial charge in [0.15, 0.2) is 0 Å². The topological polar surface area (TPSA) is 95.9 Å². The number of Topliss-reactive ketones (excluding diaryl/α,β-unsaturated/α-hetero) is 1. The Bertz CT molecular complexity index is 764. The number of hydrogen-bond donors (Lipinski definition) is 3. The third-order valence-corrected chi connectivity index (χ3v) is 5.35. The van der Waals surface area contributed by atoms with Gasteiger partial charge in [0.1, 0.15) is 24.2 Å². The van der Waals surface area contributed by atoms with E-state index in [-0.39, 0.29) is 36.6 Å². The van der Waals surface area contributed by atoms with Crippen LogP contribution in [-0.4, -0.2) is 47.8 Å². The molecule has 7 heteroatoms. The van der Waals surface area contributed by atoms with Crippen molar-refractivity contribution in [1.29, 1.82) is 0 Å². The molecule has 0 spiro atoms. The second kappa shape index (κ2) is 12.5. The quantitative estimate of drug-likeness (QED) is 0.366. The number of benzene rings is 1. The zero-order valence-electron chi connectivity index (χ0n) is 17.2. The average molecular weight is 436 g/mol. The molecule has 3 N–H and O–H groups in total. The molecule has 1 aliphatic carbocycles. The Morgan fingerprint density at radius 3 is 2.93 bits per heavy atom. The van der Waals surface area contributed by atoms with Crippen LogP contribution < -0.4 is 10.1 Å². The van der Waals surface area contributed by atoms with Crippen LogP contribution >= 0.6 is 11.6 Å². The van der Waals surface area contributed by atoms with Gasteiger partial charge in [-0.05, 0) is 37.5 Å². The SMILES string of the molecule is CNC(=O)CCCC=CC[C@H]1C(=O)C[C@@H](O)[C@@H]1C=C[C@@H](O)COc1cccc(Cl)c1. The number of halogens is 1. The van der Waals surface area contributed by atoms with Gasteiger partial charge in [0.05, 0.1) is 6.10 Å². The second-order valence-corrected chi connectivity index (χ2v) is 7.85. The van der Waals surface area contributed by atoms with Gasteiger partial charge in [-0.15, -0.1) is 0 Å². The van der Waals surface area contributed by atoms with Crippen LogP contribution in [0.1, 0.15) is 32.1 Å². The van der Waals surface area contributed by atoms with Crippen molar-refractivity contribution in [2.45, 2.75) is 44.3 Å². The summed E-state index contributed by atoms with van der Waals surface area (Å²) in [5, 5.41) is 23.5. The van der Waals surface area contributed by atoms with E-state index >= 15 is 0 Å². The molecule has 4 atom stereocenters. The normalized spacial score (nSPS) is 22.7. The number of amides is 1. The van der Waals surface area contributed by atoms with Crippen LogP contribution in [0.25, 0.3) is 0 Å². The van der Waals surface area contributed by atoms with E-state index in [1.54, 1.807) is 43.5 Å². The minimum Gasteiger partial charge on any atom is -0.491 e. The second-order valence-electron chi connectivity index (χ2n) is 7.41. The van der Waals surface area contributed by atoms with Crippen molar-refractivity contribution in [2.75, 3.05) is 13.7 Å². The molecule has 1 amide bonds. The first-order valence-electron chi connectivity index (χ1n) is 10.2. The van der Waals surface area contributed by atoms with E-state index in [2.05, 4.69) is 5.32 Å². The third-order valence-electron chi connectivity index (χ3n) is 5.12. The summed E-state index contributed by atoms with van der Waals surface area (Å²) in [4.78, 5) is 23.4. The summed E-state index contributed by atoms with van der Waals surface area (Å²) in [6.45, 7) is 0.0451. The molecule has 0 saturated heterocycles.